The zero-order valence-electron chi connectivity index (χ0n) is 16.0. The van der Waals surface area contributed by atoms with Crippen LogP contribution in [0.15, 0.2) is 36.9 Å². The highest BCUT2D eigenvalue weighted by molar-refractivity contribution is 5.78. The fourth-order valence-corrected chi connectivity index (χ4v) is 2.88. The Morgan fingerprint density at radius 3 is 2.14 bits per heavy atom. The van der Waals surface area contributed by atoms with Gasteiger partial charge in [-0.1, -0.05) is 24.3 Å². The Kier molecular flexibility index (Phi) is 8.47. The number of para-hydroxylation sites is 1. The van der Waals surface area contributed by atoms with Crippen molar-refractivity contribution in [2.75, 3.05) is 45.8 Å². The van der Waals surface area contributed by atoms with Gasteiger partial charge in [0.25, 0.3) is 0 Å². The molecule has 1 fully saturated rings. The first-order chi connectivity index (χ1) is 13.8. The van der Waals surface area contributed by atoms with Crippen molar-refractivity contribution in [2.24, 2.45) is 0 Å². The molecule has 1 aliphatic rings. The summed E-state index contributed by atoms with van der Waals surface area (Å²) in [5.41, 5.74) is 0.244. The third-order valence-electron chi connectivity index (χ3n) is 4.32. The molecule has 0 saturated carbocycles. The maximum atomic E-state index is 12.5. The minimum Gasteiger partial charge on any atom is -0.405 e. The lowest BCUT2D eigenvalue weighted by atomic mass is 10.2. The molecule has 1 saturated heterocycles. The summed E-state index contributed by atoms with van der Waals surface area (Å²) in [4.78, 5) is 27.8. The number of ether oxygens (including phenoxy) is 1. The number of nitrogens with one attached hydrogen (secondary N) is 2. The molecule has 2 rings (SSSR count). The van der Waals surface area contributed by atoms with E-state index in [0.29, 0.717) is 39.3 Å². The van der Waals surface area contributed by atoms with Crippen LogP contribution in [0.1, 0.15) is 5.56 Å². The van der Waals surface area contributed by atoms with Crippen molar-refractivity contribution in [3.05, 3.63) is 42.5 Å². The number of hydrogen-bond acceptors (Lipinski definition) is 5. The van der Waals surface area contributed by atoms with E-state index in [1.807, 2.05) is 9.80 Å². The molecule has 2 N–H and O–H groups in total. The summed E-state index contributed by atoms with van der Waals surface area (Å²) in [6.45, 7) is 6.88. The van der Waals surface area contributed by atoms with Crippen LogP contribution in [-0.4, -0.2) is 73.8 Å². The summed E-state index contributed by atoms with van der Waals surface area (Å²) in [6, 6.07) is 5.69. The van der Waals surface area contributed by atoms with Crippen molar-refractivity contribution >= 4 is 11.8 Å². The summed E-state index contributed by atoms with van der Waals surface area (Å²) >= 11 is 0. The number of hydrogen-bond donors (Lipinski definition) is 2. The molecule has 1 heterocycles. The number of carbonyl (C=O) groups is 2. The number of rotatable bonds is 9. The van der Waals surface area contributed by atoms with Gasteiger partial charge in [-0.25, -0.2) is 0 Å². The van der Waals surface area contributed by atoms with Gasteiger partial charge in [0.05, 0.1) is 13.1 Å². The van der Waals surface area contributed by atoms with Crippen LogP contribution in [0.4, 0.5) is 13.2 Å². The van der Waals surface area contributed by atoms with Gasteiger partial charge >= 0.3 is 6.36 Å². The number of nitrogens with zero attached hydrogens (tertiary/aromatic N) is 2. The van der Waals surface area contributed by atoms with Crippen LogP contribution in [-0.2, 0) is 16.1 Å². The molecule has 0 radical (unpaired) electrons. The molecule has 10 heteroatoms. The van der Waals surface area contributed by atoms with Crippen molar-refractivity contribution in [1.82, 2.24) is 20.4 Å². The first-order valence-corrected chi connectivity index (χ1v) is 9.19. The summed E-state index contributed by atoms with van der Waals surface area (Å²) in [5, 5.41) is 5.34. The number of benzene rings is 1. The lowest BCUT2D eigenvalue weighted by molar-refractivity contribution is -0.274. The predicted molar refractivity (Wildman–Crippen MR) is 101 cm³/mol. The Labute approximate surface area is 167 Å². The quantitative estimate of drug-likeness (QED) is 0.593. The normalized spacial score (nSPS) is 15.6. The highest BCUT2D eigenvalue weighted by Gasteiger charge is 2.32. The average Bonchev–Trinajstić information content (AvgIpc) is 2.66. The minimum absolute atomic E-state index is 0.0610. The average molecular weight is 414 g/mol. The zero-order chi connectivity index (χ0) is 21.3. The summed E-state index contributed by atoms with van der Waals surface area (Å²) in [7, 11) is 0. The van der Waals surface area contributed by atoms with Crippen LogP contribution < -0.4 is 15.4 Å². The smallest absolute Gasteiger partial charge is 0.405 e. The lowest BCUT2D eigenvalue weighted by Gasteiger charge is -2.33. The third-order valence-corrected chi connectivity index (χ3v) is 4.32. The molecule has 1 aliphatic heterocycles. The van der Waals surface area contributed by atoms with Crippen molar-refractivity contribution < 1.29 is 27.5 Å². The minimum atomic E-state index is -4.79. The van der Waals surface area contributed by atoms with Crippen molar-refractivity contribution in [3.8, 4) is 5.75 Å². The first-order valence-electron chi connectivity index (χ1n) is 9.19. The number of amides is 2. The Balaban J connectivity index is 1.73. The fraction of sp³-hybridized carbons (Fsp3) is 0.474. The molecule has 0 aliphatic carbocycles. The van der Waals surface area contributed by atoms with Crippen LogP contribution >= 0.6 is 0 Å². The molecule has 160 valence electrons. The standard InChI is InChI=1S/C19H25F3N4O3/c1-2-7-23-17(27)13-25-8-10-26(11-9-25)14-18(28)24-12-15-5-3-4-6-16(15)29-19(20,21)22/h2-6H,1,7-14H2,(H,23,27)(H,24,28). The summed E-state index contributed by atoms with van der Waals surface area (Å²) in [5.74, 6) is -0.691. The van der Waals surface area contributed by atoms with Crippen LogP contribution in [0.5, 0.6) is 5.75 Å². The molecule has 7 nitrogen and oxygen atoms in total. The van der Waals surface area contributed by atoms with Gasteiger partial charge in [-0.3, -0.25) is 19.4 Å². The second-order valence-corrected chi connectivity index (χ2v) is 6.58. The van der Waals surface area contributed by atoms with Gasteiger partial charge in [0, 0.05) is 44.8 Å². The first kappa shape index (κ1) is 22.7. The van der Waals surface area contributed by atoms with E-state index in [4.69, 9.17) is 0 Å². The van der Waals surface area contributed by atoms with E-state index >= 15 is 0 Å². The molecule has 0 unspecified atom stereocenters. The van der Waals surface area contributed by atoms with E-state index < -0.39 is 6.36 Å². The number of carbonyl (C=O) groups excluding carboxylic acids is 2. The van der Waals surface area contributed by atoms with Gasteiger partial charge in [0.2, 0.25) is 11.8 Å². The highest BCUT2D eigenvalue weighted by Crippen LogP contribution is 2.26. The largest absolute Gasteiger partial charge is 0.573 e. The van der Waals surface area contributed by atoms with Crippen molar-refractivity contribution in [3.63, 3.8) is 0 Å². The van der Waals surface area contributed by atoms with E-state index in [2.05, 4.69) is 21.9 Å². The van der Waals surface area contributed by atoms with Crippen LogP contribution in [0.3, 0.4) is 0 Å². The van der Waals surface area contributed by atoms with E-state index in [1.54, 1.807) is 12.1 Å². The molecular formula is C19H25F3N4O3. The van der Waals surface area contributed by atoms with Crippen molar-refractivity contribution in [1.29, 1.82) is 0 Å². The van der Waals surface area contributed by atoms with Gasteiger partial charge in [-0.2, -0.15) is 0 Å². The van der Waals surface area contributed by atoms with Gasteiger partial charge in [-0.05, 0) is 6.07 Å². The predicted octanol–water partition coefficient (Wildman–Crippen LogP) is 1.12. The monoisotopic (exact) mass is 414 g/mol. The SMILES string of the molecule is C=CCNC(=O)CN1CCN(CC(=O)NCc2ccccc2OC(F)(F)F)CC1. The Bertz CT molecular complexity index is 704. The van der Waals surface area contributed by atoms with Gasteiger partial charge in [0.15, 0.2) is 0 Å². The fourth-order valence-electron chi connectivity index (χ4n) is 2.88. The molecule has 0 spiro atoms. The second kappa shape index (κ2) is 10.8. The van der Waals surface area contributed by atoms with Crippen LogP contribution in [0, 0.1) is 0 Å². The molecule has 0 bridgehead atoms. The van der Waals surface area contributed by atoms with E-state index in [-0.39, 0.29) is 36.2 Å². The van der Waals surface area contributed by atoms with E-state index in [9.17, 15) is 22.8 Å². The van der Waals surface area contributed by atoms with E-state index in [0.717, 1.165) is 0 Å². The molecule has 0 aromatic heterocycles. The Morgan fingerprint density at radius 1 is 1.03 bits per heavy atom. The van der Waals surface area contributed by atoms with Gasteiger partial charge in [0.1, 0.15) is 5.75 Å². The van der Waals surface area contributed by atoms with Crippen molar-refractivity contribution in [2.45, 2.75) is 12.9 Å². The zero-order valence-corrected chi connectivity index (χ0v) is 16.0. The summed E-state index contributed by atoms with van der Waals surface area (Å²) in [6.07, 6.45) is -3.18. The summed E-state index contributed by atoms with van der Waals surface area (Å²) < 4.78 is 41.3. The lowest BCUT2D eigenvalue weighted by Crippen LogP contribution is -2.51. The third kappa shape index (κ3) is 8.53. The Hall–Kier alpha value is -2.59. The molecular weight excluding hydrogens is 389 g/mol. The van der Waals surface area contributed by atoms with E-state index in [1.165, 1.54) is 18.2 Å². The number of alkyl halides is 3. The molecule has 1 aromatic rings. The molecule has 29 heavy (non-hydrogen) atoms. The molecule has 0 atom stereocenters. The molecule has 1 aromatic carbocycles. The molecule has 2 amide bonds. The van der Waals surface area contributed by atoms with Crippen LogP contribution in [0.25, 0.3) is 0 Å². The maximum absolute atomic E-state index is 12.5. The second-order valence-electron chi connectivity index (χ2n) is 6.58. The number of piperazine rings is 1. The number of halogens is 3. The Morgan fingerprint density at radius 2 is 1.59 bits per heavy atom. The highest BCUT2D eigenvalue weighted by atomic mass is 19.4. The van der Waals surface area contributed by atoms with Gasteiger partial charge in [-0.15, -0.1) is 19.8 Å². The van der Waals surface area contributed by atoms with Crippen LogP contribution in [0.2, 0.25) is 0 Å². The van der Waals surface area contributed by atoms with Gasteiger partial charge < -0.3 is 15.4 Å². The topological polar surface area (TPSA) is 73.9 Å². The maximum Gasteiger partial charge on any atom is 0.573 e.